The zero-order valence-corrected chi connectivity index (χ0v) is 16.1. The Balaban J connectivity index is 1.68. The van der Waals surface area contributed by atoms with Gasteiger partial charge < -0.3 is 20.3 Å². The Morgan fingerprint density at radius 3 is 2.52 bits per heavy atom. The molecule has 3 rings (SSSR count). The van der Waals surface area contributed by atoms with Crippen molar-refractivity contribution >= 4 is 23.1 Å². The molecule has 0 saturated carbocycles. The van der Waals surface area contributed by atoms with Crippen molar-refractivity contribution in [2.75, 3.05) is 37.9 Å². The smallest absolute Gasteiger partial charge is 0.153 e. The van der Waals surface area contributed by atoms with Gasteiger partial charge in [0.1, 0.15) is 12.4 Å². The average Bonchev–Trinajstić information content (AvgIpc) is 3.02. The van der Waals surface area contributed by atoms with Gasteiger partial charge in [0.25, 0.3) is 0 Å². The van der Waals surface area contributed by atoms with Crippen LogP contribution in [0.4, 0.5) is 23.1 Å². The van der Waals surface area contributed by atoms with Crippen molar-refractivity contribution in [1.82, 2.24) is 25.1 Å². The van der Waals surface area contributed by atoms with E-state index in [9.17, 15) is 0 Å². The Morgan fingerprint density at radius 1 is 1.04 bits per heavy atom. The first-order valence-electron chi connectivity index (χ1n) is 8.76. The molecule has 0 saturated heterocycles. The molecule has 0 aliphatic rings. The molecular weight excluding hydrogens is 342 g/mol. The number of hydrogen-bond acceptors (Lipinski definition) is 7. The van der Waals surface area contributed by atoms with Gasteiger partial charge in [-0.25, -0.2) is 4.98 Å². The summed E-state index contributed by atoms with van der Waals surface area (Å²) in [6.45, 7) is 5.48. The number of rotatable bonds is 8. The van der Waals surface area contributed by atoms with E-state index in [1.54, 1.807) is 12.4 Å². The van der Waals surface area contributed by atoms with E-state index in [0.717, 1.165) is 29.2 Å². The number of aryl methyl sites for hydroxylation is 2. The molecule has 27 heavy (non-hydrogen) atoms. The number of anilines is 4. The van der Waals surface area contributed by atoms with Gasteiger partial charge in [-0.3, -0.25) is 10.1 Å². The van der Waals surface area contributed by atoms with Crippen molar-refractivity contribution in [3.8, 4) is 5.75 Å². The van der Waals surface area contributed by atoms with Gasteiger partial charge in [-0.15, -0.1) is 0 Å². The Labute approximate surface area is 159 Å². The van der Waals surface area contributed by atoms with Crippen LogP contribution in [0.5, 0.6) is 5.75 Å². The van der Waals surface area contributed by atoms with Crippen LogP contribution in [0.15, 0.2) is 36.7 Å². The molecule has 0 unspecified atom stereocenters. The average molecular weight is 367 g/mol. The maximum atomic E-state index is 5.89. The van der Waals surface area contributed by atoms with Crippen molar-refractivity contribution in [1.29, 1.82) is 0 Å². The van der Waals surface area contributed by atoms with E-state index in [4.69, 9.17) is 4.74 Å². The lowest BCUT2D eigenvalue weighted by Gasteiger charge is -2.14. The van der Waals surface area contributed by atoms with E-state index >= 15 is 0 Å². The summed E-state index contributed by atoms with van der Waals surface area (Å²) in [5.74, 6) is 2.80. The molecule has 0 radical (unpaired) electrons. The predicted octanol–water partition coefficient (Wildman–Crippen LogP) is 3.24. The molecule has 2 aromatic heterocycles. The summed E-state index contributed by atoms with van der Waals surface area (Å²) in [5.41, 5.74) is 2.96. The largest absolute Gasteiger partial charge is 0.492 e. The fourth-order valence-corrected chi connectivity index (χ4v) is 2.42. The van der Waals surface area contributed by atoms with E-state index < -0.39 is 0 Å². The lowest BCUT2D eigenvalue weighted by atomic mass is 10.2. The summed E-state index contributed by atoms with van der Waals surface area (Å²) >= 11 is 0. The van der Waals surface area contributed by atoms with Gasteiger partial charge in [0.15, 0.2) is 17.5 Å². The molecule has 8 heteroatoms. The fraction of sp³-hybridized carbons (Fsp3) is 0.316. The number of aromatic amines is 1. The monoisotopic (exact) mass is 367 g/mol. The highest BCUT2D eigenvalue weighted by molar-refractivity contribution is 5.61. The molecule has 142 valence electrons. The summed E-state index contributed by atoms with van der Waals surface area (Å²) in [4.78, 5) is 10.8. The van der Waals surface area contributed by atoms with Crippen LogP contribution in [-0.4, -0.2) is 52.3 Å². The van der Waals surface area contributed by atoms with Gasteiger partial charge in [0.2, 0.25) is 0 Å². The third-order valence-electron chi connectivity index (χ3n) is 3.85. The number of hydrogen-bond donors (Lipinski definition) is 3. The predicted molar refractivity (Wildman–Crippen MR) is 107 cm³/mol. The molecule has 0 atom stereocenters. The molecule has 0 bridgehead atoms. The summed E-state index contributed by atoms with van der Waals surface area (Å²) in [6, 6.07) is 7.89. The number of aromatic nitrogens is 4. The maximum Gasteiger partial charge on any atom is 0.153 e. The van der Waals surface area contributed by atoms with Crippen molar-refractivity contribution < 1.29 is 4.74 Å². The summed E-state index contributed by atoms with van der Waals surface area (Å²) in [7, 11) is 4.05. The van der Waals surface area contributed by atoms with Crippen molar-refractivity contribution in [3.63, 3.8) is 0 Å². The molecule has 2 heterocycles. The number of nitrogens with one attached hydrogen (secondary N) is 3. The molecule has 3 aromatic rings. The minimum absolute atomic E-state index is 0.612. The minimum atomic E-state index is 0.612. The van der Waals surface area contributed by atoms with Gasteiger partial charge >= 0.3 is 0 Å². The first kappa shape index (κ1) is 18.7. The number of ether oxygens (including phenoxy) is 1. The zero-order chi connectivity index (χ0) is 19.2. The highest BCUT2D eigenvalue weighted by Crippen LogP contribution is 2.25. The van der Waals surface area contributed by atoms with Crippen molar-refractivity contribution in [2.24, 2.45) is 0 Å². The van der Waals surface area contributed by atoms with Crippen LogP contribution in [0.25, 0.3) is 0 Å². The van der Waals surface area contributed by atoms with Crippen LogP contribution in [0.1, 0.15) is 11.3 Å². The van der Waals surface area contributed by atoms with Crippen LogP contribution >= 0.6 is 0 Å². The van der Waals surface area contributed by atoms with Gasteiger partial charge in [-0.05, 0) is 39.6 Å². The Hall–Kier alpha value is -3.13. The molecule has 0 fully saturated rings. The molecule has 0 amide bonds. The second-order valence-electron chi connectivity index (χ2n) is 6.61. The lowest BCUT2D eigenvalue weighted by molar-refractivity contribution is 0.260. The number of H-pyrrole nitrogens is 1. The third-order valence-corrected chi connectivity index (χ3v) is 3.85. The van der Waals surface area contributed by atoms with Crippen LogP contribution < -0.4 is 15.4 Å². The van der Waals surface area contributed by atoms with E-state index in [1.165, 1.54) is 0 Å². The lowest BCUT2D eigenvalue weighted by Crippen LogP contribution is -2.19. The Morgan fingerprint density at radius 2 is 1.81 bits per heavy atom. The first-order chi connectivity index (χ1) is 13.0. The molecule has 8 nitrogen and oxygen atoms in total. The summed E-state index contributed by atoms with van der Waals surface area (Å²) in [5, 5.41) is 13.4. The molecule has 1 aromatic carbocycles. The quantitative estimate of drug-likeness (QED) is 0.563. The molecule has 0 spiro atoms. The summed E-state index contributed by atoms with van der Waals surface area (Å²) < 4.78 is 5.89. The zero-order valence-electron chi connectivity index (χ0n) is 16.1. The van der Waals surface area contributed by atoms with Gasteiger partial charge in [0, 0.05) is 30.1 Å². The molecule has 3 N–H and O–H groups in total. The van der Waals surface area contributed by atoms with E-state index in [2.05, 4.69) is 35.7 Å². The van der Waals surface area contributed by atoms with Gasteiger partial charge in [-0.2, -0.15) is 5.10 Å². The Bertz CT molecular complexity index is 891. The van der Waals surface area contributed by atoms with Crippen LogP contribution in [0, 0.1) is 13.8 Å². The van der Waals surface area contributed by atoms with Gasteiger partial charge in [0.05, 0.1) is 12.4 Å². The van der Waals surface area contributed by atoms with E-state index in [-0.39, 0.29) is 0 Å². The highest BCUT2D eigenvalue weighted by atomic mass is 16.5. The third kappa shape index (κ3) is 5.42. The fourth-order valence-electron chi connectivity index (χ4n) is 2.42. The highest BCUT2D eigenvalue weighted by Gasteiger charge is 2.06. The van der Waals surface area contributed by atoms with E-state index in [1.807, 2.05) is 52.2 Å². The number of nitrogens with zero attached hydrogens (tertiary/aromatic N) is 4. The summed E-state index contributed by atoms with van der Waals surface area (Å²) in [6.07, 6.45) is 3.33. The SMILES string of the molecule is Cc1cc(Nc2cncc(Nc3ccc(C)c(OCCN(C)C)c3)n2)n[nH]1. The second-order valence-corrected chi connectivity index (χ2v) is 6.61. The molecule has 0 aliphatic carbocycles. The minimum Gasteiger partial charge on any atom is -0.492 e. The second kappa shape index (κ2) is 8.50. The van der Waals surface area contributed by atoms with Crippen LogP contribution in [0.3, 0.4) is 0 Å². The normalized spacial score (nSPS) is 10.9. The standard InChI is InChI=1S/C19H25N7O/c1-13-5-6-15(10-16(13)27-8-7-26(3)4)21-18-11-20-12-19(23-18)22-17-9-14(2)24-25-17/h5-6,9-12H,7-8H2,1-4H3,(H3,21,22,23,24,25). The Kier molecular flexibility index (Phi) is 5.87. The van der Waals surface area contributed by atoms with Crippen molar-refractivity contribution in [2.45, 2.75) is 13.8 Å². The topological polar surface area (TPSA) is 91.0 Å². The molecule has 0 aliphatic heterocycles. The molecular formula is C19H25N7O. The van der Waals surface area contributed by atoms with Crippen molar-refractivity contribution in [3.05, 3.63) is 47.9 Å². The van der Waals surface area contributed by atoms with Crippen LogP contribution in [0.2, 0.25) is 0 Å². The first-order valence-corrected chi connectivity index (χ1v) is 8.76. The van der Waals surface area contributed by atoms with E-state index in [0.29, 0.717) is 24.1 Å². The van der Waals surface area contributed by atoms with Crippen LogP contribution in [-0.2, 0) is 0 Å². The number of benzene rings is 1. The van der Waals surface area contributed by atoms with Gasteiger partial charge in [-0.1, -0.05) is 6.07 Å². The maximum absolute atomic E-state index is 5.89. The number of likely N-dealkylation sites (N-methyl/N-ethyl adjacent to an activating group) is 1.